The van der Waals surface area contributed by atoms with Crippen molar-refractivity contribution >= 4 is 11.6 Å². The van der Waals surface area contributed by atoms with Gasteiger partial charge < -0.3 is 25.0 Å². The molecule has 2 heterocycles. The summed E-state index contributed by atoms with van der Waals surface area (Å²) in [5.74, 6) is -0.0739. The first-order valence-corrected chi connectivity index (χ1v) is 7.29. The lowest BCUT2D eigenvalue weighted by atomic mass is 10.0. The average Bonchev–Trinajstić information content (AvgIpc) is 2.78. The fraction of sp³-hybridized carbons (Fsp3) is 0.667. The summed E-state index contributed by atoms with van der Waals surface area (Å²) in [5, 5.41) is 9.35. The highest BCUT2D eigenvalue weighted by Gasteiger charge is 2.36. The van der Waals surface area contributed by atoms with Gasteiger partial charge in [-0.15, -0.1) is 0 Å². The number of hydrogen-bond donors (Lipinski definition) is 2. The average molecular weight is 295 g/mol. The number of hydrogen-bond acceptors (Lipinski definition) is 4. The Bertz CT molecular complexity index is 522. The van der Waals surface area contributed by atoms with Crippen LogP contribution in [0.4, 0.5) is 5.69 Å². The van der Waals surface area contributed by atoms with Gasteiger partial charge in [0.25, 0.3) is 5.91 Å². The van der Waals surface area contributed by atoms with E-state index in [2.05, 4.69) is 0 Å². The van der Waals surface area contributed by atoms with E-state index in [1.54, 1.807) is 17.2 Å². The van der Waals surface area contributed by atoms with Crippen molar-refractivity contribution in [2.75, 3.05) is 25.4 Å². The maximum atomic E-state index is 12.8. The van der Waals surface area contributed by atoms with Crippen LogP contribution in [0.15, 0.2) is 12.3 Å². The van der Waals surface area contributed by atoms with Gasteiger partial charge in [0.1, 0.15) is 5.69 Å². The first-order valence-electron chi connectivity index (χ1n) is 7.29. The van der Waals surface area contributed by atoms with Crippen LogP contribution in [0.5, 0.6) is 0 Å². The molecule has 1 aromatic rings. The number of anilines is 1. The van der Waals surface area contributed by atoms with E-state index in [0.717, 1.165) is 0 Å². The van der Waals surface area contributed by atoms with Crippen LogP contribution in [-0.4, -0.2) is 51.9 Å². The molecular weight excluding hydrogens is 270 g/mol. The van der Waals surface area contributed by atoms with E-state index in [9.17, 15) is 9.90 Å². The van der Waals surface area contributed by atoms with Gasteiger partial charge in [-0.1, -0.05) is 0 Å². The van der Waals surface area contributed by atoms with Crippen molar-refractivity contribution in [3.63, 3.8) is 0 Å². The predicted octanol–water partition coefficient (Wildman–Crippen LogP) is 1.26. The van der Waals surface area contributed by atoms with Crippen LogP contribution < -0.4 is 5.73 Å². The number of amides is 1. The molecule has 2 rings (SSSR count). The van der Waals surface area contributed by atoms with Gasteiger partial charge >= 0.3 is 0 Å². The second kappa shape index (κ2) is 5.69. The third kappa shape index (κ3) is 3.39. The van der Waals surface area contributed by atoms with Gasteiger partial charge in [0.05, 0.1) is 24.0 Å². The highest BCUT2D eigenvalue weighted by Crippen LogP contribution is 2.24. The molecule has 1 saturated heterocycles. The fourth-order valence-corrected chi connectivity index (χ4v) is 2.81. The second-order valence-electron chi connectivity index (χ2n) is 6.53. The zero-order valence-electron chi connectivity index (χ0n) is 13.2. The van der Waals surface area contributed by atoms with Gasteiger partial charge in [-0.05, 0) is 33.8 Å². The fourth-order valence-electron chi connectivity index (χ4n) is 2.81. The van der Waals surface area contributed by atoms with E-state index in [0.29, 0.717) is 24.5 Å². The number of rotatable bonds is 3. The van der Waals surface area contributed by atoms with E-state index >= 15 is 0 Å². The minimum atomic E-state index is -0.470. The van der Waals surface area contributed by atoms with Gasteiger partial charge in [-0.2, -0.15) is 0 Å². The number of ether oxygens (including phenoxy) is 1. The molecule has 0 radical (unpaired) electrons. The lowest BCUT2D eigenvalue weighted by Crippen LogP contribution is -2.55. The van der Waals surface area contributed by atoms with Crippen LogP contribution in [0.2, 0.25) is 0 Å². The Morgan fingerprint density at radius 1 is 1.57 bits per heavy atom. The van der Waals surface area contributed by atoms with Gasteiger partial charge in [-0.3, -0.25) is 4.79 Å². The number of nitrogens with two attached hydrogens (primary N) is 1. The normalized spacial score (nSPS) is 21.8. The van der Waals surface area contributed by atoms with Gasteiger partial charge in [-0.25, -0.2) is 0 Å². The molecule has 1 aliphatic rings. The number of nitrogen functional groups attached to an aromatic ring is 1. The van der Waals surface area contributed by atoms with Gasteiger partial charge in [0.15, 0.2) is 0 Å². The molecule has 1 fully saturated rings. The predicted molar refractivity (Wildman–Crippen MR) is 81.2 cm³/mol. The molecular formula is C15H25N3O3. The molecule has 1 aliphatic heterocycles. The molecule has 21 heavy (non-hydrogen) atoms. The van der Waals surface area contributed by atoms with Gasteiger partial charge in [0.2, 0.25) is 0 Å². The van der Waals surface area contributed by atoms with Crippen LogP contribution in [0.1, 0.15) is 44.2 Å². The number of aliphatic hydroxyl groups is 1. The summed E-state index contributed by atoms with van der Waals surface area (Å²) in [6, 6.07) is 1.86. The van der Waals surface area contributed by atoms with Crippen LogP contribution in [0.25, 0.3) is 0 Å². The van der Waals surface area contributed by atoms with Crippen molar-refractivity contribution in [1.29, 1.82) is 0 Å². The molecule has 1 amide bonds. The van der Waals surface area contributed by atoms with Gasteiger partial charge in [0, 0.05) is 25.3 Å². The first-order chi connectivity index (χ1) is 9.73. The molecule has 1 unspecified atom stereocenters. The van der Waals surface area contributed by atoms with Crippen LogP contribution in [0, 0.1) is 0 Å². The molecule has 0 spiro atoms. The van der Waals surface area contributed by atoms with Crippen molar-refractivity contribution in [1.82, 2.24) is 9.47 Å². The molecule has 118 valence electrons. The van der Waals surface area contributed by atoms with Crippen molar-refractivity contribution in [3.8, 4) is 0 Å². The van der Waals surface area contributed by atoms with Crippen LogP contribution >= 0.6 is 0 Å². The van der Waals surface area contributed by atoms with Crippen LogP contribution in [-0.2, 0) is 4.74 Å². The third-order valence-electron chi connectivity index (χ3n) is 3.62. The zero-order chi connectivity index (χ0) is 15.8. The lowest BCUT2D eigenvalue weighted by molar-refractivity contribution is -0.139. The Hall–Kier alpha value is -1.53. The molecule has 1 atom stereocenters. The van der Waals surface area contributed by atoms with E-state index in [1.165, 1.54) is 0 Å². The number of aliphatic hydroxyl groups excluding tert-OH is 1. The monoisotopic (exact) mass is 295 g/mol. The maximum absolute atomic E-state index is 12.8. The summed E-state index contributed by atoms with van der Waals surface area (Å²) in [6.45, 7) is 8.65. The first kappa shape index (κ1) is 15.9. The summed E-state index contributed by atoms with van der Waals surface area (Å²) in [6.07, 6.45) is 1.44. The van der Waals surface area contributed by atoms with Crippen molar-refractivity contribution in [2.45, 2.75) is 45.4 Å². The van der Waals surface area contributed by atoms with E-state index < -0.39 is 5.60 Å². The third-order valence-corrected chi connectivity index (χ3v) is 3.62. The minimum Gasteiger partial charge on any atom is -0.397 e. The molecule has 0 aliphatic carbocycles. The lowest BCUT2D eigenvalue weighted by Gasteiger charge is -2.42. The van der Waals surface area contributed by atoms with Crippen molar-refractivity contribution in [2.24, 2.45) is 0 Å². The van der Waals surface area contributed by atoms with Crippen molar-refractivity contribution < 1.29 is 14.6 Å². The summed E-state index contributed by atoms with van der Waals surface area (Å²) in [4.78, 5) is 14.5. The molecule has 1 aromatic heterocycles. The molecule has 3 N–H and O–H groups in total. The molecule has 6 nitrogen and oxygen atoms in total. The van der Waals surface area contributed by atoms with E-state index in [-0.39, 0.29) is 24.7 Å². The Morgan fingerprint density at radius 2 is 2.24 bits per heavy atom. The molecule has 0 bridgehead atoms. The smallest absolute Gasteiger partial charge is 0.270 e. The maximum Gasteiger partial charge on any atom is 0.270 e. The molecule has 6 heteroatoms. The largest absolute Gasteiger partial charge is 0.397 e. The molecule has 0 aromatic carbocycles. The minimum absolute atomic E-state index is 0.0739. The number of nitrogens with zero attached hydrogens (tertiary/aromatic N) is 2. The summed E-state index contributed by atoms with van der Waals surface area (Å²) >= 11 is 0. The highest BCUT2D eigenvalue weighted by molar-refractivity contribution is 5.94. The van der Waals surface area contributed by atoms with Crippen LogP contribution in [0.3, 0.4) is 0 Å². The quantitative estimate of drug-likeness (QED) is 0.880. The standard InChI is InChI=1S/C15H25N3O3/c1-10(2)18-6-11(16)5-13(18)14(20)17-7-12(8-19)21-15(3,4)9-17/h5-6,10,12,19H,7-9,16H2,1-4H3. The SMILES string of the molecule is CC(C)n1cc(N)cc1C(=O)N1CC(CO)OC(C)(C)C1. The Morgan fingerprint density at radius 3 is 2.81 bits per heavy atom. The number of carbonyl (C=O) groups is 1. The summed E-state index contributed by atoms with van der Waals surface area (Å²) < 4.78 is 7.63. The molecule has 0 saturated carbocycles. The second-order valence-corrected chi connectivity index (χ2v) is 6.53. The Balaban J connectivity index is 2.27. The highest BCUT2D eigenvalue weighted by atomic mass is 16.5. The topological polar surface area (TPSA) is 80.7 Å². The Kier molecular flexibility index (Phi) is 4.30. The van der Waals surface area contributed by atoms with Crippen molar-refractivity contribution in [3.05, 3.63) is 18.0 Å². The number of carbonyl (C=O) groups excluding carboxylic acids is 1. The number of morpholine rings is 1. The Labute approximate surface area is 125 Å². The summed E-state index contributed by atoms with van der Waals surface area (Å²) in [7, 11) is 0. The van der Waals surface area contributed by atoms with E-state index in [1.807, 2.05) is 32.3 Å². The number of aromatic nitrogens is 1. The zero-order valence-corrected chi connectivity index (χ0v) is 13.2. The summed E-state index contributed by atoms with van der Waals surface area (Å²) in [5.41, 5.74) is 6.53. The van der Waals surface area contributed by atoms with E-state index in [4.69, 9.17) is 10.5 Å².